The zero-order valence-corrected chi connectivity index (χ0v) is 23.4. The minimum atomic E-state index is -1.15. The minimum Gasteiger partial charge on any atom is -0.502 e. The average Bonchev–Trinajstić information content (AvgIpc) is 2.97. The number of aromatic hydroxyl groups is 1. The maximum absolute atomic E-state index is 12.7. The van der Waals surface area contributed by atoms with Crippen LogP contribution in [0.4, 0.5) is 4.39 Å². The maximum atomic E-state index is 12.7. The third kappa shape index (κ3) is 8.98. The van der Waals surface area contributed by atoms with E-state index >= 15 is 0 Å². The molecule has 2 atom stereocenters. The molecular weight excluding hydrogens is 525 g/mol. The molecule has 0 bridgehead atoms. The second-order valence-electron chi connectivity index (χ2n) is 10.4. The number of amides is 1. The van der Waals surface area contributed by atoms with Crippen LogP contribution in [0, 0.1) is 11.8 Å². The lowest BCUT2D eigenvalue weighted by Crippen LogP contribution is -2.45. The Kier molecular flexibility index (Phi) is 10.6. The summed E-state index contributed by atoms with van der Waals surface area (Å²) in [5.41, 5.74) is 3.34. The summed E-state index contributed by atoms with van der Waals surface area (Å²) < 4.78 is 18.5. The molecule has 1 aliphatic rings. The number of alkyl halides is 1. The number of H-pyrrole nitrogens is 1. The van der Waals surface area contributed by atoms with Crippen molar-refractivity contribution in [2.24, 2.45) is 0 Å². The van der Waals surface area contributed by atoms with Crippen molar-refractivity contribution in [1.82, 2.24) is 25.1 Å². The zero-order valence-electron chi connectivity index (χ0n) is 23.4. The van der Waals surface area contributed by atoms with Crippen molar-refractivity contribution in [3.8, 4) is 17.6 Å². The zero-order chi connectivity index (χ0) is 29.2. The van der Waals surface area contributed by atoms with Crippen LogP contribution >= 0.6 is 0 Å². The van der Waals surface area contributed by atoms with E-state index < -0.39 is 29.8 Å². The molecule has 2 unspecified atom stereocenters. The van der Waals surface area contributed by atoms with E-state index in [1.54, 1.807) is 0 Å². The van der Waals surface area contributed by atoms with Gasteiger partial charge in [-0.2, -0.15) is 0 Å². The summed E-state index contributed by atoms with van der Waals surface area (Å²) in [6.07, 6.45) is 1.79. The first-order valence-corrected chi connectivity index (χ1v) is 13.6. The molecule has 1 aliphatic heterocycles. The van der Waals surface area contributed by atoms with Gasteiger partial charge in [0.25, 0.3) is 11.5 Å². The van der Waals surface area contributed by atoms with Crippen molar-refractivity contribution >= 4 is 5.91 Å². The van der Waals surface area contributed by atoms with Gasteiger partial charge >= 0.3 is 0 Å². The van der Waals surface area contributed by atoms with Crippen LogP contribution in [0.25, 0.3) is 0 Å². The first-order chi connectivity index (χ1) is 19.8. The number of ether oxygens (including phenoxy) is 1. The van der Waals surface area contributed by atoms with Crippen LogP contribution in [0.5, 0.6) is 5.75 Å². The monoisotopic (exact) mass is 561 g/mol. The van der Waals surface area contributed by atoms with Gasteiger partial charge in [0.2, 0.25) is 5.75 Å². The Morgan fingerprint density at radius 2 is 1.83 bits per heavy atom. The predicted octanol–water partition coefficient (Wildman–Crippen LogP) is 2.05. The van der Waals surface area contributed by atoms with E-state index in [0.717, 1.165) is 49.5 Å². The molecule has 1 saturated heterocycles. The van der Waals surface area contributed by atoms with E-state index in [1.165, 1.54) is 11.9 Å². The van der Waals surface area contributed by atoms with Crippen molar-refractivity contribution in [2.75, 3.05) is 53.6 Å². The second kappa shape index (κ2) is 14.6. The largest absolute Gasteiger partial charge is 0.502 e. The minimum absolute atomic E-state index is 0.0204. The number of nitrogens with zero attached hydrogens (tertiary/aromatic N) is 3. The molecule has 3 N–H and O–H groups in total. The molecule has 0 radical (unpaired) electrons. The van der Waals surface area contributed by atoms with E-state index in [0.29, 0.717) is 6.42 Å². The Morgan fingerprint density at radius 1 is 1.17 bits per heavy atom. The molecule has 0 spiro atoms. The summed E-state index contributed by atoms with van der Waals surface area (Å²) in [7, 11) is 4.13. The van der Waals surface area contributed by atoms with Gasteiger partial charge in [0.05, 0.1) is 24.7 Å². The highest BCUT2D eigenvalue weighted by Gasteiger charge is 2.22. The topological polar surface area (TPSA) is 111 Å². The summed E-state index contributed by atoms with van der Waals surface area (Å²) in [6.45, 7) is 3.27. The van der Waals surface area contributed by atoms with Gasteiger partial charge in [-0.25, -0.2) is 9.37 Å². The highest BCUT2D eigenvalue weighted by molar-refractivity contribution is 5.77. The molecule has 2 heterocycles. The van der Waals surface area contributed by atoms with Crippen molar-refractivity contribution < 1.29 is 19.0 Å². The number of hydrogen-bond donors (Lipinski definition) is 3. The molecule has 3 aromatic rings. The summed E-state index contributed by atoms with van der Waals surface area (Å²) in [4.78, 5) is 34.3. The standard InChI is InChI=1S/C31H36FN5O4/c1-36(2)19-27-20-37(13-14-41-27)18-25-11-7-23(8-12-25)4-3-22-5-9-24(10-6-22)15-26(17-33-28(38)16-32)29-30(39)31(40)35-21-34-29/h5-12,21,26-27,39H,13-20H2,1-2H3,(H,33,38)(H,34,35,40). The van der Waals surface area contributed by atoms with E-state index in [1.807, 2.05) is 36.4 Å². The number of carbonyl (C=O) groups is 1. The fourth-order valence-corrected chi connectivity index (χ4v) is 4.80. The normalized spacial score (nSPS) is 16.1. The van der Waals surface area contributed by atoms with Crippen molar-refractivity contribution in [2.45, 2.75) is 25.0 Å². The van der Waals surface area contributed by atoms with Crippen LogP contribution in [0.2, 0.25) is 0 Å². The molecule has 1 fully saturated rings. The Morgan fingerprint density at radius 3 is 2.46 bits per heavy atom. The van der Waals surface area contributed by atoms with Crippen LogP contribution in [0.15, 0.2) is 59.7 Å². The Bertz CT molecular complexity index is 1410. The molecule has 1 aromatic heterocycles. The van der Waals surface area contributed by atoms with Gasteiger partial charge in [0.15, 0.2) is 6.67 Å². The molecule has 0 saturated carbocycles. The summed E-state index contributed by atoms with van der Waals surface area (Å²) in [5.74, 6) is 4.58. The molecule has 0 aliphatic carbocycles. The van der Waals surface area contributed by atoms with E-state index in [4.69, 9.17) is 4.74 Å². The second-order valence-corrected chi connectivity index (χ2v) is 10.4. The van der Waals surface area contributed by atoms with Crippen LogP contribution in [0.1, 0.15) is 33.9 Å². The number of nitrogens with one attached hydrogen (secondary N) is 2. The first kappa shape index (κ1) is 29.9. The fourth-order valence-electron chi connectivity index (χ4n) is 4.80. The van der Waals surface area contributed by atoms with Crippen molar-refractivity contribution in [3.63, 3.8) is 0 Å². The average molecular weight is 562 g/mol. The molecule has 10 heteroatoms. The third-order valence-electron chi connectivity index (χ3n) is 6.85. The smallest absolute Gasteiger partial charge is 0.293 e. The van der Waals surface area contributed by atoms with Crippen LogP contribution in [-0.2, 0) is 22.5 Å². The highest BCUT2D eigenvalue weighted by Crippen LogP contribution is 2.24. The number of morpholine rings is 1. The Balaban J connectivity index is 1.37. The number of likely N-dealkylation sites (N-methyl/N-ethyl adjacent to an activating group) is 1. The lowest BCUT2D eigenvalue weighted by Gasteiger charge is -2.34. The summed E-state index contributed by atoms with van der Waals surface area (Å²) >= 11 is 0. The Labute approximate surface area is 239 Å². The van der Waals surface area contributed by atoms with Gasteiger partial charge in [-0.05, 0) is 55.9 Å². The summed E-state index contributed by atoms with van der Waals surface area (Å²) in [5, 5.41) is 12.7. The van der Waals surface area contributed by atoms with E-state index in [-0.39, 0.29) is 18.3 Å². The van der Waals surface area contributed by atoms with Crippen LogP contribution in [-0.4, -0.2) is 90.4 Å². The molecule has 1 amide bonds. The molecule has 9 nitrogen and oxygen atoms in total. The third-order valence-corrected chi connectivity index (χ3v) is 6.85. The summed E-state index contributed by atoms with van der Waals surface area (Å²) in [6, 6.07) is 15.9. The van der Waals surface area contributed by atoms with Crippen LogP contribution < -0.4 is 10.9 Å². The molecule has 216 valence electrons. The first-order valence-electron chi connectivity index (χ1n) is 13.6. The highest BCUT2D eigenvalue weighted by atomic mass is 19.1. The van der Waals surface area contributed by atoms with Crippen molar-refractivity contribution in [3.05, 3.63) is 93.2 Å². The fraction of sp³-hybridized carbons (Fsp3) is 0.387. The number of rotatable bonds is 10. The SMILES string of the molecule is CN(C)CC1CN(Cc2ccc(C#Cc3ccc(CC(CNC(=O)CF)c4nc[nH]c(=O)c4O)cc3)cc2)CCO1. The maximum Gasteiger partial charge on any atom is 0.293 e. The number of aromatic nitrogens is 2. The van der Waals surface area contributed by atoms with Gasteiger partial charge in [0, 0.05) is 49.8 Å². The van der Waals surface area contributed by atoms with Gasteiger partial charge in [0.1, 0.15) is 0 Å². The number of halogens is 1. The molecule has 4 rings (SSSR count). The van der Waals surface area contributed by atoms with Crippen molar-refractivity contribution in [1.29, 1.82) is 0 Å². The molecular formula is C31H36FN5O4. The predicted molar refractivity (Wildman–Crippen MR) is 154 cm³/mol. The molecule has 2 aromatic carbocycles. The van der Waals surface area contributed by atoms with Gasteiger partial charge in [-0.1, -0.05) is 36.1 Å². The lowest BCUT2D eigenvalue weighted by molar-refractivity contribution is -0.122. The van der Waals surface area contributed by atoms with Gasteiger partial charge < -0.3 is 25.0 Å². The number of aromatic amines is 1. The molecule has 41 heavy (non-hydrogen) atoms. The lowest BCUT2D eigenvalue weighted by atomic mass is 9.94. The number of benzene rings is 2. The quantitative estimate of drug-likeness (QED) is 0.325. The van der Waals surface area contributed by atoms with Crippen LogP contribution in [0.3, 0.4) is 0 Å². The number of hydrogen-bond acceptors (Lipinski definition) is 7. The number of carbonyl (C=O) groups excluding carboxylic acids is 1. The van der Waals surface area contributed by atoms with E-state index in [2.05, 4.69) is 63.2 Å². The van der Waals surface area contributed by atoms with E-state index in [9.17, 15) is 19.1 Å². The Hall–Kier alpha value is -4.04. The van der Waals surface area contributed by atoms with Gasteiger partial charge in [-0.15, -0.1) is 0 Å². The van der Waals surface area contributed by atoms with Gasteiger partial charge in [-0.3, -0.25) is 14.5 Å².